The molecule has 0 bridgehead atoms. The van der Waals surface area contributed by atoms with E-state index < -0.39 is 29.0 Å². The largest absolute Gasteiger partial charge is 0.444 e. The molecule has 2 heterocycles. The van der Waals surface area contributed by atoms with Gasteiger partial charge in [0, 0.05) is 13.5 Å². The molecule has 0 aromatic carbocycles. The number of carbonyl (C=O) groups excluding carboxylic acids is 3. The summed E-state index contributed by atoms with van der Waals surface area (Å²) in [6, 6.07) is 0. The van der Waals surface area contributed by atoms with Gasteiger partial charge in [-0.2, -0.15) is 10.00 Å². The summed E-state index contributed by atoms with van der Waals surface area (Å²) in [7, 11) is 1.73. The van der Waals surface area contributed by atoms with Crippen LogP contribution < -0.4 is 4.90 Å². The van der Waals surface area contributed by atoms with Crippen molar-refractivity contribution >= 4 is 45.5 Å². The Morgan fingerprint density at radius 2 is 1.43 bits per heavy atom. The second-order valence-corrected chi connectivity index (χ2v) is 13.6. The Morgan fingerprint density at radius 1 is 0.925 bits per heavy atom. The molecule has 12 heteroatoms. The molecule has 2 aromatic heterocycles. The second kappa shape index (κ2) is 10.9. The predicted molar refractivity (Wildman–Crippen MR) is 153 cm³/mol. The lowest BCUT2D eigenvalue weighted by Gasteiger charge is -2.29. The average molecular weight is 621 g/mol. The third-order valence-electron chi connectivity index (χ3n) is 5.68. The number of hydrogen-bond donors (Lipinski definition) is 0. The van der Waals surface area contributed by atoms with Crippen LogP contribution in [0.4, 0.5) is 20.1 Å². The summed E-state index contributed by atoms with van der Waals surface area (Å²) in [4.78, 5) is 45.9. The Labute approximate surface area is 243 Å². The van der Waals surface area contributed by atoms with Gasteiger partial charge in [0.15, 0.2) is 5.65 Å². The zero-order chi connectivity index (χ0) is 30.3. The minimum atomic E-state index is -0.924. The Morgan fingerprint density at radius 3 is 1.90 bits per heavy atom. The molecule has 0 unspecified atom stereocenters. The highest BCUT2D eigenvalue weighted by Crippen LogP contribution is 2.44. The first-order valence-corrected chi connectivity index (χ1v) is 13.8. The van der Waals surface area contributed by atoms with Crippen LogP contribution in [0.15, 0.2) is 16.9 Å². The number of carbonyl (C=O) groups is 3. The third-order valence-corrected chi connectivity index (χ3v) is 6.26. The maximum absolute atomic E-state index is 13.2. The Balaban J connectivity index is 1.96. The van der Waals surface area contributed by atoms with E-state index >= 15 is 0 Å². The van der Waals surface area contributed by atoms with Crippen molar-refractivity contribution in [3.8, 4) is 11.8 Å². The second-order valence-electron chi connectivity index (χ2n) is 12.8. The standard InChI is InChI=1S/C28H38BrN5O6/c1-25(2,3)38-22(35)32(10)28(14-15-28)13-11-12-18-16-30-21-20(19(29)17-31-34(18)21)33(23(36)39-26(4,5)6)24(37)40-27(7,8)9/h16-17H,13-15H2,1-10H3. The molecule has 0 aliphatic heterocycles. The molecule has 1 aliphatic rings. The molecule has 0 saturated heterocycles. The summed E-state index contributed by atoms with van der Waals surface area (Å²) >= 11 is 3.40. The van der Waals surface area contributed by atoms with Crippen molar-refractivity contribution in [1.82, 2.24) is 19.5 Å². The molecule has 0 radical (unpaired) electrons. The third kappa shape index (κ3) is 7.65. The van der Waals surface area contributed by atoms with Gasteiger partial charge in [-0.15, -0.1) is 0 Å². The van der Waals surface area contributed by atoms with Gasteiger partial charge in [-0.1, -0.05) is 5.92 Å². The number of imidazole rings is 1. The van der Waals surface area contributed by atoms with E-state index in [1.54, 1.807) is 53.5 Å². The van der Waals surface area contributed by atoms with Crippen LogP contribution >= 0.6 is 15.9 Å². The average Bonchev–Trinajstić information content (AvgIpc) is 3.44. The topological polar surface area (TPSA) is 116 Å². The monoisotopic (exact) mass is 619 g/mol. The molecule has 1 fully saturated rings. The van der Waals surface area contributed by atoms with Gasteiger partial charge in [0.2, 0.25) is 0 Å². The highest BCUT2D eigenvalue weighted by atomic mass is 79.9. The lowest BCUT2D eigenvalue weighted by atomic mass is 10.1. The summed E-state index contributed by atoms with van der Waals surface area (Å²) in [5.74, 6) is 6.21. The van der Waals surface area contributed by atoms with E-state index in [4.69, 9.17) is 14.2 Å². The number of amides is 3. The van der Waals surface area contributed by atoms with E-state index in [9.17, 15) is 14.4 Å². The normalized spacial score (nSPS) is 14.6. The van der Waals surface area contributed by atoms with E-state index in [1.807, 2.05) is 20.8 Å². The van der Waals surface area contributed by atoms with Crippen LogP contribution in [0.25, 0.3) is 5.65 Å². The lowest BCUT2D eigenvalue weighted by Crippen LogP contribution is -2.44. The quantitative estimate of drug-likeness (QED) is 0.290. The van der Waals surface area contributed by atoms with Gasteiger partial charge in [-0.05, 0) is 97.0 Å². The van der Waals surface area contributed by atoms with Crippen LogP contribution in [0, 0.1) is 11.8 Å². The molecule has 2 aromatic rings. The molecule has 1 aliphatic carbocycles. The van der Waals surface area contributed by atoms with Gasteiger partial charge in [-0.25, -0.2) is 23.9 Å². The first kappa shape index (κ1) is 31.2. The van der Waals surface area contributed by atoms with Crippen LogP contribution in [0.5, 0.6) is 0 Å². The fourth-order valence-corrected chi connectivity index (χ4v) is 4.11. The first-order chi connectivity index (χ1) is 18.2. The number of rotatable bonds is 3. The molecule has 40 heavy (non-hydrogen) atoms. The van der Waals surface area contributed by atoms with E-state index in [-0.39, 0.29) is 23.0 Å². The molecule has 0 atom stereocenters. The molecule has 218 valence electrons. The van der Waals surface area contributed by atoms with Gasteiger partial charge in [0.05, 0.1) is 22.4 Å². The summed E-state index contributed by atoms with van der Waals surface area (Å²) in [5.41, 5.74) is -1.98. The van der Waals surface area contributed by atoms with Crippen LogP contribution in [0.3, 0.4) is 0 Å². The van der Waals surface area contributed by atoms with Crippen LogP contribution in [0.1, 0.15) is 87.3 Å². The zero-order valence-electron chi connectivity index (χ0n) is 24.8. The van der Waals surface area contributed by atoms with E-state index in [0.29, 0.717) is 16.6 Å². The van der Waals surface area contributed by atoms with E-state index in [1.165, 1.54) is 16.9 Å². The lowest BCUT2D eigenvalue weighted by molar-refractivity contribution is 0.0198. The van der Waals surface area contributed by atoms with Crippen LogP contribution in [-0.4, -0.2) is 67.2 Å². The molecule has 3 amide bonds. The van der Waals surface area contributed by atoms with Crippen LogP contribution in [-0.2, 0) is 14.2 Å². The summed E-state index contributed by atoms with van der Waals surface area (Å²) in [6.45, 7) is 15.7. The van der Waals surface area contributed by atoms with E-state index in [2.05, 4.69) is 37.9 Å². The van der Waals surface area contributed by atoms with Gasteiger partial charge in [-0.3, -0.25) is 0 Å². The van der Waals surface area contributed by atoms with Crippen molar-refractivity contribution in [2.24, 2.45) is 0 Å². The molecular weight excluding hydrogens is 582 g/mol. The fourth-order valence-electron chi connectivity index (χ4n) is 3.66. The van der Waals surface area contributed by atoms with Crippen molar-refractivity contribution < 1.29 is 28.6 Å². The smallest absolute Gasteiger partial charge is 0.424 e. The van der Waals surface area contributed by atoms with Gasteiger partial charge in [0.1, 0.15) is 28.2 Å². The van der Waals surface area contributed by atoms with Crippen molar-refractivity contribution in [3.63, 3.8) is 0 Å². The first-order valence-electron chi connectivity index (χ1n) is 13.0. The van der Waals surface area contributed by atoms with Crippen molar-refractivity contribution in [2.45, 2.75) is 104 Å². The summed E-state index contributed by atoms with van der Waals surface area (Å²) < 4.78 is 18.3. The Hall–Kier alpha value is -3.33. The molecule has 0 N–H and O–H groups in total. The molecule has 3 rings (SSSR count). The Kier molecular flexibility index (Phi) is 8.52. The number of halogens is 1. The molecule has 1 saturated carbocycles. The number of anilines is 1. The Bertz CT molecular complexity index is 1340. The number of aromatic nitrogens is 3. The van der Waals surface area contributed by atoms with Crippen molar-refractivity contribution in [2.75, 3.05) is 11.9 Å². The minimum Gasteiger partial charge on any atom is -0.444 e. The minimum absolute atomic E-state index is 0.106. The maximum atomic E-state index is 13.2. The van der Waals surface area contributed by atoms with Gasteiger partial charge < -0.3 is 19.1 Å². The molecule has 0 spiro atoms. The summed E-state index contributed by atoms with van der Waals surface area (Å²) in [6.07, 6.45) is 2.78. The molecule has 11 nitrogen and oxygen atoms in total. The number of nitrogens with zero attached hydrogens (tertiary/aromatic N) is 5. The highest BCUT2D eigenvalue weighted by Gasteiger charge is 2.49. The van der Waals surface area contributed by atoms with Crippen LogP contribution in [0.2, 0.25) is 0 Å². The number of ether oxygens (including phenoxy) is 3. The SMILES string of the molecule is CN(C(=O)OC(C)(C)C)C1(CC#Cc2cnc3c(N(C(=O)OC(C)(C)C)C(=O)OC(C)(C)C)c(Br)cnn23)CC1. The van der Waals surface area contributed by atoms with Gasteiger partial charge >= 0.3 is 18.3 Å². The van der Waals surface area contributed by atoms with Crippen molar-refractivity contribution in [3.05, 3.63) is 22.6 Å². The predicted octanol–water partition coefficient (Wildman–Crippen LogP) is 6.31. The highest BCUT2D eigenvalue weighted by molar-refractivity contribution is 9.10. The number of imide groups is 1. The van der Waals surface area contributed by atoms with Gasteiger partial charge in [0.25, 0.3) is 0 Å². The zero-order valence-corrected chi connectivity index (χ0v) is 26.4. The van der Waals surface area contributed by atoms with Crippen molar-refractivity contribution in [1.29, 1.82) is 0 Å². The molecular formula is C28H38BrN5O6. The number of fused-ring (bicyclic) bond motifs is 1. The maximum Gasteiger partial charge on any atom is 0.424 e. The van der Waals surface area contributed by atoms with E-state index in [0.717, 1.165) is 17.7 Å². The number of hydrogen-bond acceptors (Lipinski definition) is 8. The summed E-state index contributed by atoms with van der Waals surface area (Å²) in [5, 5.41) is 4.38. The fraction of sp³-hybridized carbons (Fsp3) is 0.607.